The number of nitrogens with one attached hydrogen (secondary N) is 2. The third-order valence-corrected chi connectivity index (χ3v) is 3.05. The number of amides is 1. The molecular formula is C15H24N2O3. The van der Waals surface area contributed by atoms with Gasteiger partial charge in [-0.05, 0) is 44.5 Å². The molecule has 0 saturated heterocycles. The van der Waals surface area contributed by atoms with E-state index in [-0.39, 0.29) is 18.1 Å². The van der Waals surface area contributed by atoms with Gasteiger partial charge >= 0.3 is 0 Å². The number of hydrogen-bond acceptors (Lipinski definition) is 4. The quantitative estimate of drug-likeness (QED) is 0.715. The molecule has 2 unspecified atom stereocenters. The molecule has 1 amide bonds. The number of hydrogen-bond donors (Lipinski definition) is 3. The van der Waals surface area contributed by atoms with Gasteiger partial charge in [-0.2, -0.15) is 0 Å². The lowest BCUT2D eigenvalue weighted by atomic mass is 10.1. The van der Waals surface area contributed by atoms with E-state index in [0.717, 1.165) is 12.1 Å². The Morgan fingerprint density at radius 3 is 2.65 bits per heavy atom. The molecule has 0 heterocycles. The number of aliphatic hydroxyl groups excluding tert-OH is 1. The number of anilines is 1. The minimum absolute atomic E-state index is 0.129. The van der Waals surface area contributed by atoms with Crippen LogP contribution in [0.5, 0.6) is 5.75 Å². The van der Waals surface area contributed by atoms with Gasteiger partial charge in [-0.1, -0.05) is 6.07 Å². The highest BCUT2D eigenvalue weighted by Crippen LogP contribution is 2.28. The molecule has 0 spiro atoms. The van der Waals surface area contributed by atoms with Gasteiger partial charge in [0, 0.05) is 13.0 Å². The highest BCUT2D eigenvalue weighted by Gasteiger charge is 2.10. The number of carbonyl (C=O) groups is 1. The summed E-state index contributed by atoms with van der Waals surface area (Å²) >= 11 is 0. The number of benzene rings is 1. The smallest absolute Gasteiger partial charge is 0.221 e. The van der Waals surface area contributed by atoms with E-state index < -0.39 is 0 Å². The van der Waals surface area contributed by atoms with Crippen molar-refractivity contribution in [1.29, 1.82) is 0 Å². The third-order valence-electron chi connectivity index (χ3n) is 3.05. The van der Waals surface area contributed by atoms with E-state index in [4.69, 9.17) is 4.74 Å². The maximum absolute atomic E-state index is 11.2. The van der Waals surface area contributed by atoms with Crippen molar-refractivity contribution >= 4 is 11.6 Å². The molecular weight excluding hydrogens is 256 g/mol. The van der Waals surface area contributed by atoms with E-state index in [0.29, 0.717) is 17.9 Å². The zero-order valence-corrected chi connectivity index (χ0v) is 12.6. The summed E-state index contributed by atoms with van der Waals surface area (Å²) in [5, 5.41) is 15.3. The Kier molecular flexibility index (Phi) is 6.48. The monoisotopic (exact) mass is 280 g/mol. The van der Waals surface area contributed by atoms with Gasteiger partial charge in [0.05, 0.1) is 18.9 Å². The van der Waals surface area contributed by atoms with Crippen LogP contribution in [0.1, 0.15) is 38.8 Å². The lowest BCUT2D eigenvalue weighted by molar-refractivity contribution is -0.114. The van der Waals surface area contributed by atoms with Gasteiger partial charge in [-0.3, -0.25) is 4.79 Å². The Labute approximate surface area is 120 Å². The summed E-state index contributed by atoms with van der Waals surface area (Å²) in [4.78, 5) is 11.2. The van der Waals surface area contributed by atoms with E-state index in [2.05, 4.69) is 10.6 Å². The van der Waals surface area contributed by atoms with Crippen LogP contribution in [0.4, 0.5) is 5.69 Å². The molecule has 0 aliphatic carbocycles. The van der Waals surface area contributed by atoms with Crippen LogP contribution in [-0.4, -0.2) is 30.8 Å². The Morgan fingerprint density at radius 1 is 1.40 bits per heavy atom. The van der Waals surface area contributed by atoms with Crippen molar-refractivity contribution in [3.63, 3.8) is 0 Å². The summed E-state index contributed by atoms with van der Waals surface area (Å²) in [7, 11) is 1.57. The number of ether oxygens (including phenoxy) is 1. The van der Waals surface area contributed by atoms with Gasteiger partial charge < -0.3 is 20.5 Å². The van der Waals surface area contributed by atoms with E-state index in [1.165, 1.54) is 6.92 Å². The molecule has 0 aliphatic heterocycles. The second-order valence-electron chi connectivity index (χ2n) is 4.95. The fourth-order valence-electron chi connectivity index (χ4n) is 1.91. The van der Waals surface area contributed by atoms with Crippen molar-refractivity contribution < 1.29 is 14.6 Å². The first-order valence-corrected chi connectivity index (χ1v) is 6.81. The van der Waals surface area contributed by atoms with Crippen molar-refractivity contribution in [2.24, 2.45) is 0 Å². The summed E-state index contributed by atoms with van der Waals surface area (Å²) in [5.41, 5.74) is 1.72. The molecule has 1 aromatic carbocycles. The van der Waals surface area contributed by atoms with E-state index in [1.54, 1.807) is 14.0 Å². The predicted octanol–water partition coefficient (Wildman–Crippen LogP) is 2.08. The zero-order valence-electron chi connectivity index (χ0n) is 12.6. The Bertz CT molecular complexity index is 447. The fraction of sp³-hybridized carbons (Fsp3) is 0.533. The first-order chi connectivity index (χ1) is 9.43. The molecule has 5 heteroatoms. The maximum atomic E-state index is 11.2. The fourth-order valence-corrected chi connectivity index (χ4v) is 1.91. The average Bonchev–Trinajstić information content (AvgIpc) is 2.37. The Morgan fingerprint density at radius 2 is 2.10 bits per heavy atom. The maximum Gasteiger partial charge on any atom is 0.221 e. The molecule has 0 radical (unpaired) electrons. The summed E-state index contributed by atoms with van der Waals surface area (Å²) in [6.07, 6.45) is 0.402. The molecule has 20 heavy (non-hydrogen) atoms. The van der Waals surface area contributed by atoms with Crippen LogP contribution >= 0.6 is 0 Å². The molecule has 3 N–H and O–H groups in total. The molecule has 1 aromatic rings. The van der Waals surface area contributed by atoms with Crippen LogP contribution in [0.25, 0.3) is 0 Å². The first kappa shape index (κ1) is 16.5. The largest absolute Gasteiger partial charge is 0.495 e. The van der Waals surface area contributed by atoms with Crippen LogP contribution in [0.2, 0.25) is 0 Å². The van der Waals surface area contributed by atoms with Crippen LogP contribution in [0.15, 0.2) is 18.2 Å². The molecule has 2 atom stereocenters. The van der Waals surface area contributed by atoms with Crippen LogP contribution < -0.4 is 15.4 Å². The lowest BCUT2D eigenvalue weighted by Crippen LogP contribution is -2.22. The predicted molar refractivity (Wildman–Crippen MR) is 80.0 cm³/mol. The minimum Gasteiger partial charge on any atom is -0.495 e. The van der Waals surface area contributed by atoms with Crippen molar-refractivity contribution in [3.05, 3.63) is 23.8 Å². The second-order valence-corrected chi connectivity index (χ2v) is 4.95. The van der Waals surface area contributed by atoms with Gasteiger partial charge in [-0.15, -0.1) is 0 Å². The zero-order chi connectivity index (χ0) is 15.1. The number of rotatable bonds is 7. The van der Waals surface area contributed by atoms with Crippen molar-refractivity contribution in [1.82, 2.24) is 5.32 Å². The Hall–Kier alpha value is -1.59. The molecule has 0 aromatic heterocycles. The highest BCUT2D eigenvalue weighted by molar-refractivity contribution is 5.90. The standard InChI is InChI=1S/C15H24N2O3/c1-10(18)7-8-16-11(2)13-5-6-15(20-4)14(9-13)17-12(3)19/h5-6,9-11,16,18H,7-8H2,1-4H3,(H,17,19). The first-order valence-electron chi connectivity index (χ1n) is 6.81. The summed E-state index contributed by atoms with van der Waals surface area (Å²) in [6.45, 7) is 6.02. The molecule has 5 nitrogen and oxygen atoms in total. The third kappa shape index (κ3) is 5.19. The second kappa shape index (κ2) is 7.87. The lowest BCUT2D eigenvalue weighted by Gasteiger charge is -2.17. The normalized spacial score (nSPS) is 13.7. The molecule has 0 fully saturated rings. The van der Waals surface area contributed by atoms with Crippen LogP contribution in [0.3, 0.4) is 0 Å². The highest BCUT2D eigenvalue weighted by atomic mass is 16.5. The summed E-state index contributed by atoms with van der Waals surface area (Å²) in [6, 6.07) is 5.84. The van der Waals surface area contributed by atoms with Gasteiger partial charge in [0.25, 0.3) is 0 Å². The summed E-state index contributed by atoms with van der Waals surface area (Å²) in [5.74, 6) is 0.510. The summed E-state index contributed by atoms with van der Waals surface area (Å²) < 4.78 is 5.23. The van der Waals surface area contributed by atoms with Gasteiger partial charge in [0.15, 0.2) is 0 Å². The minimum atomic E-state index is -0.305. The number of carbonyl (C=O) groups excluding carboxylic acids is 1. The molecule has 0 saturated carbocycles. The molecule has 112 valence electrons. The van der Waals surface area contributed by atoms with Gasteiger partial charge in [-0.25, -0.2) is 0 Å². The van der Waals surface area contributed by atoms with E-state index >= 15 is 0 Å². The van der Waals surface area contributed by atoms with Crippen molar-refractivity contribution in [2.75, 3.05) is 19.0 Å². The Balaban J connectivity index is 2.76. The van der Waals surface area contributed by atoms with Crippen molar-refractivity contribution in [3.8, 4) is 5.75 Å². The molecule has 1 rings (SSSR count). The van der Waals surface area contributed by atoms with E-state index in [9.17, 15) is 9.90 Å². The number of methoxy groups -OCH3 is 1. The van der Waals surface area contributed by atoms with Crippen LogP contribution in [0, 0.1) is 0 Å². The van der Waals surface area contributed by atoms with E-state index in [1.807, 2.05) is 25.1 Å². The number of aliphatic hydroxyl groups is 1. The van der Waals surface area contributed by atoms with Gasteiger partial charge in [0.2, 0.25) is 5.91 Å². The molecule has 0 aliphatic rings. The topological polar surface area (TPSA) is 70.6 Å². The van der Waals surface area contributed by atoms with Crippen molar-refractivity contribution in [2.45, 2.75) is 39.3 Å². The molecule has 0 bridgehead atoms. The SMILES string of the molecule is COc1ccc(C(C)NCCC(C)O)cc1NC(C)=O. The average molecular weight is 280 g/mol. The van der Waals surface area contributed by atoms with Gasteiger partial charge in [0.1, 0.15) is 5.75 Å². The van der Waals surface area contributed by atoms with Crippen LogP contribution in [-0.2, 0) is 4.79 Å².